The van der Waals surface area contributed by atoms with Crippen LogP contribution in [0.25, 0.3) is 0 Å². The molecule has 1 aliphatic rings. The highest BCUT2D eigenvalue weighted by Gasteiger charge is 2.13. The molecule has 0 aliphatic carbocycles. The van der Waals surface area contributed by atoms with Gasteiger partial charge >= 0.3 is 5.97 Å². The molecule has 0 radical (unpaired) electrons. The zero-order valence-electron chi connectivity index (χ0n) is 7.37. The van der Waals surface area contributed by atoms with E-state index < -0.39 is 0 Å². The van der Waals surface area contributed by atoms with E-state index in [0.717, 1.165) is 11.1 Å². The average Bonchev–Trinajstić information content (AvgIpc) is 2.63. The van der Waals surface area contributed by atoms with E-state index in [0.29, 0.717) is 18.8 Å². The zero-order chi connectivity index (χ0) is 9.26. The second-order valence-corrected chi connectivity index (χ2v) is 2.97. The largest absolute Gasteiger partial charge is 0.465 e. The molecule has 0 saturated heterocycles. The summed E-state index contributed by atoms with van der Waals surface area (Å²) in [4.78, 5) is 11.2. The standard InChI is InChI=1S/C10H10O3/c1-12-10(11)7-2-3-8-5-13-6-9(8)4-7/h2-4H,5-6H2,1H3. The maximum Gasteiger partial charge on any atom is 0.337 e. The molecule has 3 heteroatoms. The summed E-state index contributed by atoms with van der Waals surface area (Å²) >= 11 is 0. The Morgan fingerprint density at radius 1 is 1.38 bits per heavy atom. The highest BCUT2D eigenvalue weighted by atomic mass is 16.5. The van der Waals surface area contributed by atoms with Gasteiger partial charge in [0, 0.05) is 0 Å². The van der Waals surface area contributed by atoms with Crippen molar-refractivity contribution in [3.8, 4) is 0 Å². The number of esters is 1. The van der Waals surface area contributed by atoms with Crippen LogP contribution in [-0.4, -0.2) is 13.1 Å². The molecule has 3 nitrogen and oxygen atoms in total. The Labute approximate surface area is 76.3 Å². The summed E-state index contributed by atoms with van der Waals surface area (Å²) in [7, 11) is 1.38. The first-order valence-corrected chi connectivity index (χ1v) is 4.09. The summed E-state index contributed by atoms with van der Waals surface area (Å²) in [5, 5.41) is 0. The fourth-order valence-corrected chi connectivity index (χ4v) is 1.42. The van der Waals surface area contributed by atoms with E-state index in [2.05, 4.69) is 4.74 Å². The third-order valence-electron chi connectivity index (χ3n) is 2.14. The van der Waals surface area contributed by atoms with Crippen LogP contribution in [0.5, 0.6) is 0 Å². The molecule has 0 spiro atoms. The van der Waals surface area contributed by atoms with Gasteiger partial charge < -0.3 is 9.47 Å². The molecule has 1 heterocycles. The minimum absolute atomic E-state index is 0.297. The van der Waals surface area contributed by atoms with Gasteiger partial charge in [-0.15, -0.1) is 0 Å². The van der Waals surface area contributed by atoms with Gasteiger partial charge in [0.1, 0.15) is 0 Å². The lowest BCUT2D eigenvalue weighted by Gasteiger charge is -2.00. The number of hydrogen-bond acceptors (Lipinski definition) is 3. The van der Waals surface area contributed by atoms with Gasteiger partial charge in [-0.05, 0) is 23.3 Å². The van der Waals surface area contributed by atoms with Gasteiger partial charge in [-0.3, -0.25) is 0 Å². The van der Waals surface area contributed by atoms with Crippen molar-refractivity contribution < 1.29 is 14.3 Å². The SMILES string of the molecule is COC(=O)c1ccc2c(c1)COC2. The Balaban J connectivity index is 2.36. The molecule has 0 aromatic heterocycles. The fraction of sp³-hybridized carbons (Fsp3) is 0.300. The van der Waals surface area contributed by atoms with E-state index >= 15 is 0 Å². The number of fused-ring (bicyclic) bond motifs is 1. The second kappa shape index (κ2) is 3.18. The minimum atomic E-state index is -0.297. The lowest BCUT2D eigenvalue weighted by molar-refractivity contribution is 0.0600. The molecule has 0 saturated carbocycles. The van der Waals surface area contributed by atoms with Crippen LogP contribution < -0.4 is 0 Å². The number of benzene rings is 1. The van der Waals surface area contributed by atoms with Gasteiger partial charge in [-0.2, -0.15) is 0 Å². The van der Waals surface area contributed by atoms with Crippen LogP contribution in [-0.2, 0) is 22.7 Å². The third-order valence-corrected chi connectivity index (χ3v) is 2.14. The molecule has 0 atom stereocenters. The van der Waals surface area contributed by atoms with Crippen molar-refractivity contribution >= 4 is 5.97 Å². The van der Waals surface area contributed by atoms with Crippen molar-refractivity contribution in [1.29, 1.82) is 0 Å². The summed E-state index contributed by atoms with van der Waals surface area (Å²) in [5.41, 5.74) is 2.84. The van der Waals surface area contributed by atoms with Crippen LogP contribution in [0.4, 0.5) is 0 Å². The summed E-state index contributed by atoms with van der Waals surface area (Å²) in [6.45, 7) is 1.25. The summed E-state index contributed by atoms with van der Waals surface area (Å²) in [5.74, 6) is -0.297. The van der Waals surface area contributed by atoms with E-state index in [1.165, 1.54) is 7.11 Å². The number of methoxy groups -OCH3 is 1. The van der Waals surface area contributed by atoms with Crippen molar-refractivity contribution in [3.63, 3.8) is 0 Å². The molecule has 1 aliphatic heterocycles. The highest BCUT2D eigenvalue weighted by molar-refractivity contribution is 5.89. The van der Waals surface area contributed by atoms with Crippen LogP contribution in [0.1, 0.15) is 21.5 Å². The first-order chi connectivity index (χ1) is 6.31. The van der Waals surface area contributed by atoms with Gasteiger partial charge in [-0.25, -0.2) is 4.79 Å². The molecular weight excluding hydrogens is 168 g/mol. The molecule has 0 unspecified atom stereocenters. The molecule has 0 bridgehead atoms. The molecule has 1 aromatic carbocycles. The molecule has 0 fully saturated rings. The molecule has 0 amide bonds. The van der Waals surface area contributed by atoms with Gasteiger partial charge in [0.15, 0.2) is 0 Å². The van der Waals surface area contributed by atoms with Gasteiger partial charge in [0.25, 0.3) is 0 Å². The Kier molecular flexibility index (Phi) is 2.02. The molecule has 0 N–H and O–H groups in total. The smallest absolute Gasteiger partial charge is 0.337 e. The predicted molar refractivity (Wildman–Crippen MR) is 46.3 cm³/mol. The first-order valence-electron chi connectivity index (χ1n) is 4.09. The van der Waals surface area contributed by atoms with Gasteiger partial charge in [0.2, 0.25) is 0 Å². The number of carbonyl (C=O) groups excluding carboxylic acids is 1. The van der Waals surface area contributed by atoms with E-state index in [4.69, 9.17) is 4.74 Å². The van der Waals surface area contributed by atoms with E-state index in [9.17, 15) is 4.79 Å². The molecule has 13 heavy (non-hydrogen) atoms. The van der Waals surface area contributed by atoms with E-state index in [1.54, 1.807) is 6.07 Å². The Hall–Kier alpha value is -1.35. The fourth-order valence-electron chi connectivity index (χ4n) is 1.42. The quantitative estimate of drug-likeness (QED) is 0.611. The highest BCUT2D eigenvalue weighted by Crippen LogP contribution is 2.20. The third kappa shape index (κ3) is 1.42. The molecule has 68 valence electrons. The monoisotopic (exact) mass is 178 g/mol. The van der Waals surface area contributed by atoms with E-state index in [1.807, 2.05) is 12.1 Å². The Morgan fingerprint density at radius 2 is 2.15 bits per heavy atom. The van der Waals surface area contributed by atoms with Crippen LogP contribution in [0.2, 0.25) is 0 Å². The van der Waals surface area contributed by atoms with Crippen LogP contribution in [0.3, 0.4) is 0 Å². The molecule has 2 rings (SSSR count). The maximum atomic E-state index is 11.2. The minimum Gasteiger partial charge on any atom is -0.465 e. The normalized spacial score (nSPS) is 13.9. The maximum absolute atomic E-state index is 11.2. The summed E-state index contributed by atoms with van der Waals surface area (Å²) in [6.07, 6.45) is 0. The zero-order valence-corrected chi connectivity index (χ0v) is 7.37. The number of carbonyl (C=O) groups is 1. The lowest BCUT2D eigenvalue weighted by atomic mass is 10.1. The first kappa shape index (κ1) is 8.26. The van der Waals surface area contributed by atoms with Crippen molar-refractivity contribution in [2.75, 3.05) is 7.11 Å². The van der Waals surface area contributed by atoms with Crippen LogP contribution >= 0.6 is 0 Å². The van der Waals surface area contributed by atoms with Crippen LogP contribution in [0, 0.1) is 0 Å². The summed E-state index contributed by atoms with van der Waals surface area (Å²) < 4.78 is 9.85. The number of rotatable bonds is 1. The number of hydrogen-bond donors (Lipinski definition) is 0. The molecular formula is C10H10O3. The predicted octanol–water partition coefficient (Wildman–Crippen LogP) is 1.50. The van der Waals surface area contributed by atoms with Crippen molar-refractivity contribution in [2.45, 2.75) is 13.2 Å². The topological polar surface area (TPSA) is 35.5 Å². The summed E-state index contributed by atoms with van der Waals surface area (Å²) in [6, 6.07) is 5.50. The second-order valence-electron chi connectivity index (χ2n) is 2.97. The van der Waals surface area contributed by atoms with Gasteiger partial charge in [-0.1, -0.05) is 6.07 Å². The lowest BCUT2D eigenvalue weighted by Crippen LogP contribution is -2.01. The molecule has 1 aromatic rings. The Morgan fingerprint density at radius 3 is 2.92 bits per heavy atom. The van der Waals surface area contributed by atoms with Crippen molar-refractivity contribution in [3.05, 3.63) is 34.9 Å². The Bertz CT molecular complexity index is 344. The van der Waals surface area contributed by atoms with Crippen molar-refractivity contribution in [1.82, 2.24) is 0 Å². The van der Waals surface area contributed by atoms with Gasteiger partial charge in [0.05, 0.1) is 25.9 Å². The van der Waals surface area contributed by atoms with Crippen molar-refractivity contribution in [2.24, 2.45) is 0 Å². The van der Waals surface area contributed by atoms with Crippen LogP contribution in [0.15, 0.2) is 18.2 Å². The average molecular weight is 178 g/mol. The number of ether oxygens (including phenoxy) is 2. The van der Waals surface area contributed by atoms with E-state index in [-0.39, 0.29) is 5.97 Å².